The van der Waals surface area contributed by atoms with Crippen LogP contribution in [0.5, 0.6) is 0 Å². The van der Waals surface area contributed by atoms with E-state index in [1.54, 1.807) is 18.6 Å². The van der Waals surface area contributed by atoms with E-state index in [0.717, 1.165) is 49.7 Å². The van der Waals surface area contributed by atoms with Crippen molar-refractivity contribution in [3.63, 3.8) is 0 Å². The molecule has 0 spiro atoms. The molecule has 1 aliphatic heterocycles. The zero-order valence-corrected chi connectivity index (χ0v) is 13.2. The van der Waals surface area contributed by atoms with Gasteiger partial charge in [-0.15, -0.1) is 0 Å². The molecule has 0 bridgehead atoms. The molecule has 0 radical (unpaired) electrons. The average Bonchev–Trinajstić information content (AvgIpc) is 2.56. The number of rotatable bonds is 4. The van der Waals surface area contributed by atoms with Gasteiger partial charge in [0, 0.05) is 50.3 Å². The van der Waals surface area contributed by atoms with Crippen LogP contribution in [0.3, 0.4) is 0 Å². The summed E-state index contributed by atoms with van der Waals surface area (Å²) in [6.45, 7) is 2.82. The zero-order chi connectivity index (χ0) is 15.4. The molecule has 1 saturated heterocycles. The van der Waals surface area contributed by atoms with Crippen molar-refractivity contribution in [2.75, 3.05) is 32.1 Å². The first kappa shape index (κ1) is 14.8. The molecule has 1 aliphatic rings. The summed E-state index contributed by atoms with van der Waals surface area (Å²) in [5.41, 5.74) is 2.26. The second-order valence-corrected chi connectivity index (χ2v) is 5.95. The van der Waals surface area contributed by atoms with Crippen LogP contribution in [0.2, 0.25) is 0 Å². The van der Waals surface area contributed by atoms with Crippen LogP contribution in [-0.4, -0.2) is 52.0 Å². The van der Waals surface area contributed by atoms with Crippen LogP contribution < -0.4 is 4.90 Å². The molecule has 22 heavy (non-hydrogen) atoms. The van der Waals surface area contributed by atoms with Crippen molar-refractivity contribution in [3.05, 3.63) is 42.4 Å². The van der Waals surface area contributed by atoms with Crippen LogP contribution in [0, 0.1) is 0 Å². The first-order chi connectivity index (χ1) is 10.7. The molecule has 3 heterocycles. The third kappa shape index (κ3) is 3.39. The summed E-state index contributed by atoms with van der Waals surface area (Å²) in [7, 11) is 4.13. The summed E-state index contributed by atoms with van der Waals surface area (Å²) >= 11 is 0. The van der Waals surface area contributed by atoms with E-state index in [1.165, 1.54) is 0 Å². The Morgan fingerprint density at radius 2 is 1.77 bits per heavy atom. The highest BCUT2D eigenvalue weighted by Crippen LogP contribution is 2.29. The average molecular weight is 298 g/mol. The first-order valence-corrected chi connectivity index (χ1v) is 7.69. The first-order valence-electron chi connectivity index (χ1n) is 7.69. The molecule has 0 amide bonds. The summed E-state index contributed by atoms with van der Waals surface area (Å²) in [6.07, 6.45) is 11.1. The molecule has 116 valence electrons. The van der Waals surface area contributed by atoms with Crippen molar-refractivity contribution in [1.29, 1.82) is 0 Å². The van der Waals surface area contributed by atoms with Crippen molar-refractivity contribution >= 4 is 5.82 Å². The summed E-state index contributed by atoms with van der Waals surface area (Å²) in [5.74, 6) is 1.45. The van der Waals surface area contributed by atoms with E-state index in [9.17, 15) is 0 Å². The molecule has 2 aromatic rings. The van der Waals surface area contributed by atoms with Crippen LogP contribution >= 0.6 is 0 Å². The fourth-order valence-corrected chi connectivity index (χ4v) is 2.98. The van der Waals surface area contributed by atoms with Crippen molar-refractivity contribution in [1.82, 2.24) is 24.8 Å². The highest BCUT2D eigenvalue weighted by molar-refractivity contribution is 5.36. The number of aromatic nitrogens is 4. The van der Waals surface area contributed by atoms with Crippen molar-refractivity contribution < 1.29 is 0 Å². The smallest absolute Gasteiger partial charge is 0.147 e. The largest absolute Gasteiger partial charge is 0.355 e. The Labute approximate surface area is 131 Å². The Morgan fingerprint density at radius 3 is 2.45 bits per heavy atom. The van der Waals surface area contributed by atoms with E-state index in [0.29, 0.717) is 5.92 Å². The van der Waals surface area contributed by atoms with Gasteiger partial charge in [-0.05, 0) is 26.9 Å². The van der Waals surface area contributed by atoms with Gasteiger partial charge in [-0.2, -0.15) is 0 Å². The van der Waals surface area contributed by atoms with Gasteiger partial charge in [0.05, 0.1) is 17.6 Å². The standard InChI is InChI=1S/C16H22N6/c1-21(2)12-14-16(20-8-7-18-14)13-3-9-22(10-4-13)15-11-17-5-6-19-15/h5-8,11,13H,3-4,9-10,12H2,1-2H3. The summed E-state index contributed by atoms with van der Waals surface area (Å²) < 4.78 is 0. The lowest BCUT2D eigenvalue weighted by Crippen LogP contribution is -2.34. The number of nitrogens with zero attached hydrogens (tertiary/aromatic N) is 6. The SMILES string of the molecule is CN(C)Cc1nccnc1C1CCN(c2cnccn2)CC1. The Morgan fingerprint density at radius 1 is 1.05 bits per heavy atom. The van der Waals surface area contributed by atoms with Crippen LogP contribution in [0.1, 0.15) is 30.1 Å². The minimum Gasteiger partial charge on any atom is -0.355 e. The van der Waals surface area contributed by atoms with Crippen LogP contribution in [-0.2, 0) is 6.54 Å². The quantitative estimate of drug-likeness (QED) is 0.856. The fraction of sp³-hybridized carbons (Fsp3) is 0.500. The Hall–Kier alpha value is -2.08. The predicted molar refractivity (Wildman–Crippen MR) is 85.6 cm³/mol. The molecule has 0 saturated carbocycles. The molecule has 6 nitrogen and oxygen atoms in total. The summed E-state index contributed by atoms with van der Waals surface area (Å²) in [6, 6.07) is 0. The number of hydrogen-bond donors (Lipinski definition) is 0. The molecule has 2 aromatic heterocycles. The lowest BCUT2D eigenvalue weighted by Gasteiger charge is -2.32. The molecule has 0 aliphatic carbocycles. The van der Waals surface area contributed by atoms with Gasteiger partial charge in [0.15, 0.2) is 0 Å². The van der Waals surface area contributed by atoms with Crippen LogP contribution in [0.4, 0.5) is 5.82 Å². The van der Waals surface area contributed by atoms with Gasteiger partial charge < -0.3 is 9.80 Å². The highest BCUT2D eigenvalue weighted by Gasteiger charge is 2.24. The van der Waals surface area contributed by atoms with Gasteiger partial charge in [-0.3, -0.25) is 15.0 Å². The highest BCUT2D eigenvalue weighted by atomic mass is 15.2. The third-order valence-electron chi connectivity index (χ3n) is 4.03. The number of anilines is 1. The summed E-state index contributed by atoms with van der Waals surface area (Å²) in [4.78, 5) is 22.1. The van der Waals surface area contributed by atoms with Gasteiger partial charge in [0.2, 0.25) is 0 Å². The molecule has 3 rings (SSSR count). The van der Waals surface area contributed by atoms with Crippen molar-refractivity contribution in [2.24, 2.45) is 0 Å². The Kier molecular flexibility index (Phi) is 4.58. The Bertz CT molecular complexity index is 593. The van der Waals surface area contributed by atoms with Gasteiger partial charge in [-0.25, -0.2) is 4.98 Å². The van der Waals surface area contributed by atoms with Gasteiger partial charge in [-0.1, -0.05) is 0 Å². The monoisotopic (exact) mass is 298 g/mol. The molecule has 0 unspecified atom stereocenters. The minimum absolute atomic E-state index is 0.483. The van der Waals surface area contributed by atoms with Gasteiger partial charge in [0.1, 0.15) is 5.82 Å². The normalized spacial score (nSPS) is 16.2. The van der Waals surface area contributed by atoms with E-state index in [2.05, 4.69) is 43.8 Å². The zero-order valence-electron chi connectivity index (χ0n) is 13.2. The van der Waals surface area contributed by atoms with E-state index in [-0.39, 0.29) is 0 Å². The summed E-state index contributed by atoms with van der Waals surface area (Å²) in [5, 5.41) is 0. The molecular formula is C16H22N6. The van der Waals surface area contributed by atoms with Crippen LogP contribution in [0.25, 0.3) is 0 Å². The maximum Gasteiger partial charge on any atom is 0.147 e. The second kappa shape index (κ2) is 6.79. The van der Waals surface area contributed by atoms with Crippen LogP contribution in [0.15, 0.2) is 31.0 Å². The van der Waals surface area contributed by atoms with E-state index >= 15 is 0 Å². The molecule has 6 heteroatoms. The molecule has 0 aromatic carbocycles. The van der Waals surface area contributed by atoms with Gasteiger partial charge >= 0.3 is 0 Å². The maximum absolute atomic E-state index is 4.62. The van der Waals surface area contributed by atoms with Crippen molar-refractivity contribution in [3.8, 4) is 0 Å². The lowest BCUT2D eigenvalue weighted by molar-refractivity contribution is 0.388. The minimum atomic E-state index is 0.483. The predicted octanol–water partition coefficient (Wildman–Crippen LogP) is 1.71. The number of hydrogen-bond acceptors (Lipinski definition) is 6. The third-order valence-corrected chi connectivity index (χ3v) is 4.03. The second-order valence-electron chi connectivity index (χ2n) is 5.95. The lowest BCUT2D eigenvalue weighted by atomic mass is 9.92. The van der Waals surface area contributed by atoms with Gasteiger partial charge in [0.25, 0.3) is 0 Å². The van der Waals surface area contributed by atoms with E-state index in [4.69, 9.17) is 0 Å². The number of piperidine rings is 1. The molecule has 1 fully saturated rings. The molecule has 0 N–H and O–H groups in total. The maximum atomic E-state index is 4.62. The van der Waals surface area contributed by atoms with E-state index in [1.807, 2.05) is 12.4 Å². The Balaban J connectivity index is 1.69. The topological polar surface area (TPSA) is 58.0 Å². The van der Waals surface area contributed by atoms with E-state index < -0.39 is 0 Å². The molecule has 0 atom stereocenters. The van der Waals surface area contributed by atoms with Crippen molar-refractivity contribution in [2.45, 2.75) is 25.3 Å². The molecular weight excluding hydrogens is 276 g/mol. The fourth-order valence-electron chi connectivity index (χ4n) is 2.98.